The third-order valence-electron chi connectivity index (χ3n) is 4.21. The average Bonchev–Trinajstić information content (AvgIpc) is 2.89. The van der Waals surface area contributed by atoms with Crippen molar-refractivity contribution < 1.29 is 0 Å². The van der Waals surface area contributed by atoms with Crippen LogP contribution in [0.15, 0.2) is 30.7 Å². The van der Waals surface area contributed by atoms with Gasteiger partial charge in [0.15, 0.2) is 0 Å². The largest absolute Gasteiger partial charge is 0.381 e. The van der Waals surface area contributed by atoms with Gasteiger partial charge in [-0.1, -0.05) is 6.92 Å². The van der Waals surface area contributed by atoms with Crippen LogP contribution in [0.25, 0.3) is 5.82 Å². The van der Waals surface area contributed by atoms with Gasteiger partial charge in [-0.2, -0.15) is 0 Å². The number of nitrogens with zero attached hydrogens (tertiary/aromatic N) is 3. The highest BCUT2D eigenvalue weighted by Crippen LogP contribution is 2.26. The molecule has 20 heavy (non-hydrogen) atoms. The number of anilines is 1. The van der Waals surface area contributed by atoms with Crippen LogP contribution in [0.2, 0.25) is 0 Å². The predicted molar refractivity (Wildman–Crippen MR) is 81.1 cm³/mol. The SMILES string of the molecule is Cc1nccn1-c1ccc(NC2CCC(C)CC2)cn1. The van der Waals surface area contributed by atoms with E-state index in [2.05, 4.69) is 28.3 Å². The molecule has 3 rings (SSSR count). The maximum Gasteiger partial charge on any atom is 0.138 e. The van der Waals surface area contributed by atoms with E-state index in [4.69, 9.17) is 0 Å². The van der Waals surface area contributed by atoms with Crippen LogP contribution in [-0.4, -0.2) is 20.6 Å². The summed E-state index contributed by atoms with van der Waals surface area (Å²) >= 11 is 0. The molecule has 0 atom stereocenters. The van der Waals surface area contributed by atoms with Gasteiger partial charge in [-0.25, -0.2) is 9.97 Å². The van der Waals surface area contributed by atoms with Gasteiger partial charge < -0.3 is 5.32 Å². The molecular weight excluding hydrogens is 248 g/mol. The van der Waals surface area contributed by atoms with E-state index < -0.39 is 0 Å². The minimum absolute atomic E-state index is 0.605. The molecule has 1 saturated carbocycles. The Morgan fingerprint density at radius 2 is 1.95 bits per heavy atom. The molecule has 4 nitrogen and oxygen atoms in total. The van der Waals surface area contributed by atoms with Crippen LogP contribution in [0.3, 0.4) is 0 Å². The minimum atomic E-state index is 0.605. The zero-order chi connectivity index (χ0) is 13.9. The molecule has 0 spiro atoms. The zero-order valence-electron chi connectivity index (χ0n) is 12.2. The lowest BCUT2D eigenvalue weighted by atomic mass is 9.87. The molecule has 0 aromatic carbocycles. The summed E-state index contributed by atoms with van der Waals surface area (Å²) in [5, 5.41) is 3.60. The summed E-state index contributed by atoms with van der Waals surface area (Å²) in [6.07, 6.45) is 10.9. The van der Waals surface area contributed by atoms with Crippen molar-refractivity contribution in [3.8, 4) is 5.82 Å². The molecule has 0 radical (unpaired) electrons. The molecule has 106 valence electrons. The van der Waals surface area contributed by atoms with Crippen LogP contribution in [0, 0.1) is 12.8 Å². The molecule has 0 bridgehead atoms. The van der Waals surface area contributed by atoms with Gasteiger partial charge in [0, 0.05) is 18.4 Å². The molecule has 0 saturated heterocycles. The lowest BCUT2D eigenvalue weighted by Crippen LogP contribution is -2.25. The number of aryl methyl sites for hydroxylation is 1. The third-order valence-corrected chi connectivity index (χ3v) is 4.21. The normalized spacial score (nSPS) is 22.7. The summed E-state index contributed by atoms with van der Waals surface area (Å²) in [5.74, 6) is 2.76. The first-order chi connectivity index (χ1) is 9.72. The second-order valence-electron chi connectivity index (χ2n) is 5.85. The molecule has 2 aromatic heterocycles. The van der Waals surface area contributed by atoms with Crippen molar-refractivity contribution in [1.82, 2.24) is 14.5 Å². The summed E-state index contributed by atoms with van der Waals surface area (Å²) in [5.41, 5.74) is 1.12. The number of hydrogen-bond acceptors (Lipinski definition) is 3. The Kier molecular flexibility index (Phi) is 3.72. The van der Waals surface area contributed by atoms with E-state index in [1.165, 1.54) is 25.7 Å². The molecule has 4 heteroatoms. The predicted octanol–water partition coefficient (Wildman–Crippen LogP) is 3.57. The van der Waals surface area contributed by atoms with Crippen LogP contribution in [0.1, 0.15) is 38.4 Å². The van der Waals surface area contributed by atoms with E-state index in [9.17, 15) is 0 Å². The molecule has 1 N–H and O–H groups in total. The van der Waals surface area contributed by atoms with Gasteiger partial charge in [0.2, 0.25) is 0 Å². The molecule has 0 aliphatic heterocycles. The topological polar surface area (TPSA) is 42.7 Å². The highest BCUT2D eigenvalue weighted by atomic mass is 15.1. The summed E-state index contributed by atoms with van der Waals surface area (Å²) in [4.78, 5) is 8.75. The Hall–Kier alpha value is -1.84. The maximum absolute atomic E-state index is 4.52. The van der Waals surface area contributed by atoms with Gasteiger partial charge in [-0.15, -0.1) is 0 Å². The van der Waals surface area contributed by atoms with Gasteiger partial charge in [-0.3, -0.25) is 4.57 Å². The Balaban J connectivity index is 1.66. The van der Waals surface area contributed by atoms with Crippen molar-refractivity contribution in [1.29, 1.82) is 0 Å². The average molecular weight is 270 g/mol. The van der Waals surface area contributed by atoms with Crippen molar-refractivity contribution in [3.05, 3.63) is 36.5 Å². The molecule has 2 heterocycles. The number of rotatable bonds is 3. The first-order valence-corrected chi connectivity index (χ1v) is 7.45. The van der Waals surface area contributed by atoms with E-state index in [0.717, 1.165) is 23.2 Å². The van der Waals surface area contributed by atoms with Gasteiger partial charge in [0.25, 0.3) is 0 Å². The Morgan fingerprint density at radius 3 is 2.55 bits per heavy atom. The van der Waals surface area contributed by atoms with Crippen LogP contribution in [-0.2, 0) is 0 Å². The number of pyridine rings is 1. The molecule has 1 aliphatic rings. The van der Waals surface area contributed by atoms with Crippen LogP contribution in [0.5, 0.6) is 0 Å². The quantitative estimate of drug-likeness (QED) is 0.927. The number of imidazole rings is 1. The Labute approximate surface area is 120 Å². The van der Waals surface area contributed by atoms with Crippen LogP contribution in [0.4, 0.5) is 5.69 Å². The lowest BCUT2D eigenvalue weighted by Gasteiger charge is -2.27. The molecule has 0 unspecified atom stereocenters. The standard InChI is InChI=1S/C16H22N4/c1-12-3-5-14(6-4-12)19-15-7-8-16(18-11-15)20-10-9-17-13(20)2/h7-12,14,19H,3-6H2,1-2H3. The summed E-state index contributed by atoms with van der Waals surface area (Å²) < 4.78 is 1.99. The molecule has 2 aromatic rings. The third kappa shape index (κ3) is 2.84. The van der Waals surface area contributed by atoms with Crippen molar-refractivity contribution >= 4 is 5.69 Å². The number of aromatic nitrogens is 3. The zero-order valence-corrected chi connectivity index (χ0v) is 12.2. The highest BCUT2D eigenvalue weighted by molar-refractivity contribution is 5.44. The van der Waals surface area contributed by atoms with E-state index in [1.807, 2.05) is 30.0 Å². The lowest BCUT2D eigenvalue weighted by molar-refractivity contribution is 0.361. The van der Waals surface area contributed by atoms with Crippen molar-refractivity contribution in [2.45, 2.75) is 45.6 Å². The first kappa shape index (κ1) is 13.2. The first-order valence-electron chi connectivity index (χ1n) is 7.45. The second-order valence-corrected chi connectivity index (χ2v) is 5.85. The van der Waals surface area contributed by atoms with E-state index in [1.54, 1.807) is 6.20 Å². The fraction of sp³-hybridized carbons (Fsp3) is 0.500. The molecule has 1 aliphatic carbocycles. The molecular formula is C16H22N4. The smallest absolute Gasteiger partial charge is 0.138 e. The van der Waals surface area contributed by atoms with Crippen molar-refractivity contribution in [3.63, 3.8) is 0 Å². The van der Waals surface area contributed by atoms with Crippen molar-refractivity contribution in [2.75, 3.05) is 5.32 Å². The van der Waals surface area contributed by atoms with E-state index >= 15 is 0 Å². The summed E-state index contributed by atoms with van der Waals surface area (Å²) in [6.45, 7) is 4.33. The Bertz CT molecular complexity index is 550. The van der Waals surface area contributed by atoms with E-state index in [0.29, 0.717) is 6.04 Å². The highest BCUT2D eigenvalue weighted by Gasteiger charge is 2.17. The summed E-state index contributed by atoms with van der Waals surface area (Å²) in [7, 11) is 0. The minimum Gasteiger partial charge on any atom is -0.381 e. The fourth-order valence-corrected chi connectivity index (χ4v) is 2.87. The van der Waals surface area contributed by atoms with Gasteiger partial charge >= 0.3 is 0 Å². The van der Waals surface area contributed by atoms with Gasteiger partial charge in [0.1, 0.15) is 11.6 Å². The number of nitrogens with one attached hydrogen (secondary N) is 1. The maximum atomic E-state index is 4.52. The van der Waals surface area contributed by atoms with Crippen molar-refractivity contribution in [2.24, 2.45) is 5.92 Å². The van der Waals surface area contributed by atoms with E-state index in [-0.39, 0.29) is 0 Å². The number of hydrogen-bond donors (Lipinski definition) is 1. The van der Waals surface area contributed by atoms with Gasteiger partial charge in [0.05, 0.1) is 11.9 Å². The fourth-order valence-electron chi connectivity index (χ4n) is 2.87. The van der Waals surface area contributed by atoms with Crippen LogP contribution >= 0.6 is 0 Å². The molecule has 0 amide bonds. The summed E-state index contributed by atoms with van der Waals surface area (Å²) in [6, 6.07) is 4.76. The second kappa shape index (κ2) is 5.65. The Morgan fingerprint density at radius 1 is 1.15 bits per heavy atom. The molecule has 1 fully saturated rings. The van der Waals surface area contributed by atoms with Crippen LogP contribution < -0.4 is 5.32 Å². The van der Waals surface area contributed by atoms with Gasteiger partial charge in [-0.05, 0) is 50.7 Å². The monoisotopic (exact) mass is 270 g/mol.